The van der Waals surface area contributed by atoms with Gasteiger partial charge in [0.05, 0.1) is 0 Å². The van der Waals surface area contributed by atoms with E-state index in [9.17, 15) is 14.7 Å². The van der Waals surface area contributed by atoms with Crippen LogP contribution in [0.3, 0.4) is 0 Å². The van der Waals surface area contributed by atoms with Crippen LogP contribution in [0, 0.1) is 5.92 Å². The van der Waals surface area contributed by atoms with Crippen molar-refractivity contribution in [2.24, 2.45) is 11.7 Å². The van der Waals surface area contributed by atoms with Gasteiger partial charge in [-0.25, -0.2) is 4.79 Å². The lowest BCUT2D eigenvalue weighted by Gasteiger charge is -2.37. The number of carboxylic acid groups (broad SMARTS) is 1. The van der Waals surface area contributed by atoms with Crippen molar-refractivity contribution in [2.45, 2.75) is 50.6 Å². The molecule has 1 heterocycles. The molecule has 1 amide bonds. The third-order valence-corrected chi connectivity index (χ3v) is 5.40. The van der Waals surface area contributed by atoms with Gasteiger partial charge in [0, 0.05) is 4.88 Å². The predicted molar refractivity (Wildman–Crippen MR) is 82.0 cm³/mol. The Hall–Kier alpha value is -1.40. The normalized spacial score (nSPS) is 27.0. The van der Waals surface area contributed by atoms with Gasteiger partial charge in [-0.05, 0) is 43.0 Å². The van der Waals surface area contributed by atoms with Gasteiger partial charge in [-0.1, -0.05) is 19.4 Å². The van der Waals surface area contributed by atoms with Gasteiger partial charge in [-0.3, -0.25) is 4.79 Å². The Bertz CT molecular complexity index is 493. The molecule has 1 aliphatic carbocycles. The van der Waals surface area contributed by atoms with Crippen molar-refractivity contribution in [1.29, 1.82) is 0 Å². The van der Waals surface area contributed by atoms with E-state index >= 15 is 0 Å². The summed E-state index contributed by atoms with van der Waals surface area (Å²) >= 11 is 1.40. The Labute approximate surface area is 128 Å². The molecule has 1 unspecified atom stereocenters. The van der Waals surface area contributed by atoms with E-state index in [0.717, 1.165) is 24.1 Å². The maximum atomic E-state index is 12.3. The summed E-state index contributed by atoms with van der Waals surface area (Å²) in [4.78, 5) is 24.7. The summed E-state index contributed by atoms with van der Waals surface area (Å²) in [6.07, 6.45) is 3.67. The molecular formula is C15H22N2O3S. The van der Waals surface area contributed by atoms with Gasteiger partial charge in [-0.15, -0.1) is 11.3 Å². The lowest BCUT2D eigenvalue weighted by Crippen LogP contribution is -2.58. The lowest BCUT2D eigenvalue weighted by atomic mass is 9.75. The molecule has 1 aliphatic rings. The fourth-order valence-electron chi connectivity index (χ4n) is 2.88. The molecular weight excluding hydrogens is 288 g/mol. The van der Waals surface area contributed by atoms with E-state index in [1.807, 2.05) is 11.4 Å². The number of aliphatic carboxylic acids is 1. The van der Waals surface area contributed by atoms with Gasteiger partial charge in [0.1, 0.15) is 11.6 Å². The maximum absolute atomic E-state index is 12.3. The third-order valence-electron chi connectivity index (χ3n) is 4.44. The topological polar surface area (TPSA) is 92.4 Å². The largest absolute Gasteiger partial charge is 0.480 e. The van der Waals surface area contributed by atoms with Crippen molar-refractivity contribution in [1.82, 2.24) is 5.32 Å². The second-order valence-corrected chi connectivity index (χ2v) is 6.70. The van der Waals surface area contributed by atoms with Crippen LogP contribution in [0.25, 0.3) is 0 Å². The van der Waals surface area contributed by atoms with Crippen molar-refractivity contribution < 1.29 is 14.7 Å². The zero-order chi connectivity index (χ0) is 15.5. The summed E-state index contributed by atoms with van der Waals surface area (Å²) < 4.78 is 0. The molecule has 1 atom stereocenters. The molecule has 0 spiro atoms. The van der Waals surface area contributed by atoms with Gasteiger partial charge in [0.2, 0.25) is 5.91 Å². The highest BCUT2D eigenvalue weighted by atomic mass is 32.1. The lowest BCUT2D eigenvalue weighted by molar-refractivity contribution is -0.150. The molecule has 116 valence electrons. The average Bonchev–Trinajstić information content (AvgIpc) is 3.01. The Morgan fingerprint density at radius 2 is 2.19 bits per heavy atom. The molecule has 21 heavy (non-hydrogen) atoms. The van der Waals surface area contributed by atoms with Crippen LogP contribution in [-0.2, 0) is 9.59 Å². The van der Waals surface area contributed by atoms with Crippen LogP contribution in [0.2, 0.25) is 0 Å². The number of rotatable bonds is 5. The molecule has 1 aromatic heterocycles. The van der Waals surface area contributed by atoms with Crippen LogP contribution in [0.1, 0.15) is 49.9 Å². The highest BCUT2D eigenvalue weighted by Crippen LogP contribution is 2.34. The third kappa shape index (κ3) is 3.44. The second kappa shape index (κ2) is 6.58. The smallest absolute Gasteiger partial charge is 0.329 e. The highest BCUT2D eigenvalue weighted by Gasteiger charge is 2.43. The number of nitrogens with one attached hydrogen (secondary N) is 1. The molecule has 0 aliphatic heterocycles. The molecule has 6 heteroatoms. The molecule has 2 rings (SSSR count). The first kappa shape index (κ1) is 16.0. The Balaban J connectivity index is 2.07. The first-order valence-corrected chi connectivity index (χ1v) is 8.21. The number of hydrogen-bond acceptors (Lipinski definition) is 4. The number of carboxylic acids is 1. The van der Waals surface area contributed by atoms with Crippen molar-refractivity contribution in [3.05, 3.63) is 22.4 Å². The van der Waals surface area contributed by atoms with E-state index in [1.165, 1.54) is 11.3 Å². The molecule has 0 radical (unpaired) electrons. The summed E-state index contributed by atoms with van der Waals surface area (Å²) in [7, 11) is 0. The molecule has 1 aromatic rings. The molecule has 1 saturated carbocycles. The van der Waals surface area contributed by atoms with E-state index < -0.39 is 23.5 Å². The summed E-state index contributed by atoms with van der Waals surface area (Å²) in [5.41, 5.74) is 4.76. The first-order valence-electron chi connectivity index (χ1n) is 7.33. The summed E-state index contributed by atoms with van der Waals surface area (Å²) in [5, 5.41) is 14.1. The van der Waals surface area contributed by atoms with Crippen LogP contribution < -0.4 is 11.1 Å². The standard InChI is InChI=1S/C15H22N2O3S/c1-2-10-5-7-15(8-6-10,14(19)20)17-13(18)12(16)11-4-3-9-21-11/h3-4,9-10,12H,2,5-8,16H2,1H3,(H,17,18)(H,19,20). The fourth-order valence-corrected chi connectivity index (χ4v) is 3.61. The SMILES string of the molecule is CCC1CCC(NC(=O)C(N)c2cccs2)(C(=O)O)CC1. The fraction of sp³-hybridized carbons (Fsp3) is 0.600. The molecule has 1 fully saturated rings. The van der Waals surface area contributed by atoms with E-state index in [4.69, 9.17) is 5.73 Å². The van der Waals surface area contributed by atoms with Gasteiger partial charge in [0.15, 0.2) is 0 Å². The molecule has 0 saturated heterocycles. The molecule has 0 aromatic carbocycles. The van der Waals surface area contributed by atoms with Crippen LogP contribution >= 0.6 is 11.3 Å². The Kier molecular flexibility index (Phi) is 5.00. The van der Waals surface area contributed by atoms with Gasteiger partial charge in [0.25, 0.3) is 0 Å². The van der Waals surface area contributed by atoms with Crippen molar-refractivity contribution in [3.63, 3.8) is 0 Å². The number of carbonyl (C=O) groups excluding carboxylic acids is 1. The number of amides is 1. The maximum Gasteiger partial charge on any atom is 0.329 e. The minimum absolute atomic E-state index is 0.408. The summed E-state index contributed by atoms with van der Waals surface area (Å²) in [5.74, 6) is -0.807. The van der Waals surface area contributed by atoms with E-state index in [1.54, 1.807) is 6.07 Å². The minimum atomic E-state index is -1.16. The molecule has 4 N–H and O–H groups in total. The number of hydrogen-bond donors (Lipinski definition) is 3. The first-order chi connectivity index (χ1) is 9.98. The van der Waals surface area contributed by atoms with Crippen LogP contribution in [0.15, 0.2) is 17.5 Å². The summed E-state index contributed by atoms with van der Waals surface area (Å²) in [6.45, 7) is 2.11. The Morgan fingerprint density at radius 1 is 1.52 bits per heavy atom. The summed E-state index contributed by atoms with van der Waals surface area (Å²) in [6, 6.07) is 2.81. The second-order valence-electron chi connectivity index (χ2n) is 5.72. The van der Waals surface area contributed by atoms with Gasteiger partial charge in [-0.2, -0.15) is 0 Å². The Morgan fingerprint density at radius 3 is 2.67 bits per heavy atom. The van der Waals surface area contributed by atoms with E-state index in [0.29, 0.717) is 18.8 Å². The number of thiophene rings is 1. The molecule has 0 bridgehead atoms. The van der Waals surface area contributed by atoms with Crippen LogP contribution in [-0.4, -0.2) is 22.5 Å². The quantitative estimate of drug-likeness (QED) is 0.778. The van der Waals surface area contributed by atoms with E-state index in [-0.39, 0.29) is 0 Å². The van der Waals surface area contributed by atoms with Gasteiger partial charge >= 0.3 is 5.97 Å². The average molecular weight is 310 g/mol. The van der Waals surface area contributed by atoms with Crippen molar-refractivity contribution in [3.8, 4) is 0 Å². The van der Waals surface area contributed by atoms with Gasteiger partial charge < -0.3 is 16.2 Å². The highest BCUT2D eigenvalue weighted by molar-refractivity contribution is 7.10. The van der Waals surface area contributed by atoms with E-state index in [2.05, 4.69) is 12.2 Å². The zero-order valence-electron chi connectivity index (χ0n) is 12.2. The van der Waals surface area contributed by atoms with Crippen LogP contribution in [0.4, 0.5) is 0 Å². The monoisotopic (exact) mass is 310 g/mol. The number of carbonyl (C=O) groups is 2. The van der Waals surface area contributed by atoms with Crippen molar-refractivity contribution in [2.75, 3.05) is 0 Å². The molecule has 5 nitrogen and oxygen atoms in total. The zero-order valence-corrected chi connectivity index (χ0v) is 13.0. The predicted octanol–water partition coefficient (Wildman–Crippen LogP) is 2.29. The minimum Gasteiger partial charge on any atom is -0.480 e. The van der Waals surface area contributed by atoms with Crippen LogP contribution in [0.5, 0.6) is 0 Å². The van der Waals surface area contributed by atoms with Crippen molar-refractivity contribution >= 4 is 23.2 Å². The number of nitrogens with two attached hydrogens (primary N) is 1.